The van der Waals surface area contributed by atoms with E-state index in [4.69, 9.17) is 5.73 Å². The molecule has 4 aromatic rings. The Hall–Kier alpha value is -3.77. The van der Waals surface area contributed by atoms with E-state index in [-0.39, 0.29) is 13.1 Å². The van der Waals surface area contributed by atoms with Crippen LogP contribution in [0.5, 0.6) is 0 Å². The van der Waals surface area contributed by atoms with Crippen molar-refractivity contribution in [2.24, 2.45) is 5.73 Å². The lowest BCUT2D eigenvalue weighted by Gasteiger charge is -2.24. The fraction of sp³-hybridized carbons (Fsp3) is 0.261. The first-order valence-corrected chi connectivity index (χ1v) is 10.3. The highest BCUT2D eigenvalue weighted by molar-refractivity contribution is 6.17. The molecule has 4 heterocycles. The van der Waals surface area contributed by atoms with Crippen LogP contribution in [0.3, 0.4) is 0 Å². The number of rotatable bonds is 4. The van der Waals surface area contributed by atoms with E-state index < -0.39 is 11.5 Å². The van der Waals surface area contributed by atoms with Crippen LogP contribution in [0.4, 0.5) is 20.2 Å². The Morgan fingerprint density at radius 1 is 1.31 bits per heavy atom. The van der Waals surface area contributed by atoms with E-state index in [1.165, 1.54) is 18.3 Å². The molecule has 0 amide bonds. The summed E-state index contributed by atoms with van der Waals surface area (Å²) in [6.07, 6.45) is 5.10. The minimum absolute atomic E-state index is 0.0784. The molecule has 162 valence electrons. The number of nitrogens with zero attached hydrogens (tertiary/aromatic N) is 4. The largest absolute Gasteiger partial charge is 0.386 e. The number of aromatic nitrogens is 3. The fourth-order valence-electron chi connectivity index (χ4n) is 4.49. The maximum Gasteiger partial charge on any atom is 0.142 e. The number of benzene rings is 1. The van der Waals surface area contributed by atoms with E-state index in [2.05, 4.69) is 26.3 Å². The Morgan fingerprint density at radius 3 is 2.88 bits per heavy atom. The summed E-state index contributed by atoms with van der Waals surface area (Å²) in [5.41, 5.74) is 8.57. The van der Waals surface area contributed by atoms with Crippen molar-refractivity contribution in [3.05, 3.63) is 48.2 Å². The van der Waals surface area contributed by atoms with Crippen LogP contribution in [0.15, 0.2) is 36.8 Å². The number of hydrogen-bond acceptors (Lipinski definition) is 6. The van der Waals surface area contributed by atoms with Gasteiger partial charge >= 0.3 is 0 Å². The lowest BCUT2D eigenvalue weighted by molar-refractivity contribution is 0.204. The van der Waals surface area contributed by atoms with Crippen LogP contribution in [-0.4, -0.2) is 47.3 Å². The summed E-state index contributed by atoms with van der Waals surface area (Å²) < 4.78 is 29.6. The van der Waals surface area contributed by atoms with Gasteiger partial charge in [0.25, 0.3) is 0 Å². The average molecular weight is 433 g/mol. The first kappa shape index (κ1) is 20.2. The molecule has 1 unspecified atom stereocenters. The van der Waals surface area contributed by atoms with Crippen LogP contribution in [0.2, 0.25) is 0 Å². The number of hydrogen-bond donors (Lipinski definition) is 3. The average Bonchev–Trinajstić information content (AvgIpc) is 3.39. The molecule has 0 radical (unpaired) electrons. The molecular weight excluding hydrogens is 412 g/mol. The van der Waals surface area contributed by atoms with Crippen molar-refractivity contribution < 1.29 is 8.78 Å². The van der Waals surface area contributed by atoms with Crippen molar-refractivity contribution in [1.29, 1.82) is 5.26 Å². The number of fused-ring (bicyclic) bond motifs is 3. The van der Waals surface area contributed by atoms with E-state index in [0.29, 0.717) is 57.3 Å². The summed E-state index contributed by atoms with van der Waals surface area (Å²) in [6.45, 7) is 0.485. The second-order valence-corrected chi connectivity index (χ2v) is 8.10. The molecule has 1 fully saturated rings. The Bertz CT molecular complexity index is 1390. The smallest absolute Gasteiger partial charge is 0.142 e. The van der Waals surface area contributed by atoms with Gasteiger partial charge in [-0.1, -0.05) is 0 Å². The zero-order valence-electron chi connectivity index (χ0n) is 17.4. The third-order valence-corrected chi connectivity index (χ3v) is 6.10. The fourth-order valence-corrected chi connectivity index (χ4v) is 4.49. The van der Waals surface area contributed by atoms with E-state index in [1.807, 2.05) is 4.90 Å². The first-order chi connectivity index (χ1) is 15.5. The third-order valence-electron chi connectivity index (χ3n) is 6.10. The van der Waals surface area contributed by atoms with Crippen LogP contribution < -0.4 is 16.0 Å². The quantitative estimate of drug-likeness (QED) is 0.453. The van der Waals surface area contributed by atoms with Crippen LogP contribution in [-0.2, 0) is 0 Å². The van der Waals surface area contributed by atoms with Gasteiger partial charge in [0, 0.05) is 61.7 Å². The summed E-state index contributed by atoms with van der Waals surface area (Å²) >= 11 is 0. The molecule has 1 saturated heterocycles. The van der Waals surface area contributed by atoms with Crippen molar-refractivity contribution in [2.75, 3.05) is 36.9 Å². The molecule has 9 heteroatoms. The van der Waals surface area contributed by atoms with Crippen molar-refractivity contribution in [3.63, 3.8) is 0 Å². The van der Waals surface area contributed by atoms with E-state index in [1.54, 1.807) is 25.5 Å². The highest BCUT2D eigenvalue weighted by Crippen LogP contribution is 2.44. The van der Waals surface area contributed by atoms with Crippen molar-refractivity contribution in [2.45, 2.75) is 12.1 Å². The number of nitrogens with two attached hydrogens (primary N) is 1. The molecule has 0 spiro atoms. The standard InChI is InChI=1S/C23H21F2N7/c1-28-18-6-15(24)5-16-19-21(32-3-2-23(25,11-27)12-32)17(10-30-22(19)31-20(16)18)14-4-13(7-26)8-29-9-14/h4-6,8-10,28H,2-3,11-12,27H2,1H3,(H,30,31). The summed E-state index contributed by atoms with van der Waals surface area (Å²) in [7, 11) is 1.72. The van der Waals surface area contributed by atoms with Crippen LogP contribution in [0.1, 0.15) is 12.0 Å². The van der Waals surface area contributed by atoms with Crippen molar-refractivity contribution in [3.8, 4) is 17.2 Å². The summed E-state index contributed by atoms with van der Waals surface area (Å²) in [6, 6.07) is 6.68. The van der Waals surface area contributed by atoms with Crippen molar-refractivity contribution in [1.82, 2.24) is 15.0 Å². The van der Waals surface area contributed by atoms with Gasteiger partial charge in [-0.3, -0.25) is 4.98 Å². The van der Waals surface area contributed by atoms with Crippen molar-refractivity contribution >= 4 is 33.3 Å². The molecule has 1 aliphatic heterocycles. The number of nitrogens with one attached hydrogen (secondary N) is 2. The summed E-state index contributed by atoms with van der Waals surface area (Å²) in [5.74, 6) is -0.393. The van der Waals surface area contributed by atoms with E-state index >= 15 is 4.39 Å². The van der Waals surface area contributed by atoms with Gasteiger partial charge in [-0.05, 0) is 18.2 Å². The molecule has 0 bridgehead atoms. The minimum Gasteiger partial charge on any atom is -0.386 e. The van der Waals surface area contributed by atoms with Crippen LogP contribution >= 0.6 is 0 Å². The van der Waals surface area contributed by atoms with Gasteiger partial charge < -0.3 is 20.9 Å². The molecule has 1 atom stereocenters. The van der Waals surface area contributed by atoms with Gasteiger partial charge in [0.05, 0.1) is 34.4 Å². The summed E-state index contributed by atoms with van der Waals surface area (Å²) in [4.78, 5) is 14.0. The predicted molar refractivity (Wildman–Crippen MR) is 121 cm³/mol. The second-order valence-electron chi connectivity index (χ2n) is 8.10. The Labute approximate surface area is 182 Å². The van der Waals surface area contributed by atoms with Crippen LogP contribution in [0.25, 0.3) is 33.1 Å². The SMILES string of the molecule is CNc1cc(F)cc2c1[nH]c1ncc(-c3cncc(C#N)c3)c(N3CCC(F)(CN)C3)c12. The Balaban J connectivity index is 1.85. The van der Waals surface area contributed by atoms with Gasteiger partial charge in [0.15, 0.2) is 0 Å². The lowest BCUT2D eigenvalue weighted by Crippen LogP contribution is -2.36. The number of alkyl halides is 1. The number of nitriles is 1. The Kier molecular flexibility index (Phi) is 4.68. The molecule has 0 aliphatic carbocycles. The van der Waals surface area contributed by atoms with Gasteiger partial charge in [0.1, 0.15) is 23.2 Å². The monoisotopic (exact) mass is 433 g/mol. The molecule has 4 N–H and O–H groups in total. The van der Waals surface area contributed by atoms with Gasteiger partial charge in [-0.2, -0.15) is 5.26 Å². The lowest BCUT2D eigenvalue weighted by atomic mass is 10.0. The first-order valence-electron chi connectivity index (χ1n) is 10.3. The highest BCUT2D eigenvalue weighted by atomic mass is 19.1. The molecule has 5 rings (SSSR count). The number of halogens is 2. The van der Waals surface area contributed by atoms with Gasteiger partial charge in [0.2, 0.25) is 0 Å². The van der Waals surface area contributed by atoms with E-state index in [9.17, 15) is 9.65 Å². The topological polar surface area (TPSA) is 107 Å². The molecule has 0 saturated carbocycles. The van der Waals surface area contributed by atoms with Crippen LogP contribution in [0, 0.1) is 17.1 Å². The molecule has 7 nitrogen and oxygen atoms in total. The Morgan fingerprint density at radius 2 is 2.16 bits per heavy atom. The number of H-pyrrole nitrogens is 1. The number of aromatic amines is 1. The second kappa shape index (κ2) is 7.43. The predicted octanol–water partition coefficient (Wildman–Crippen LogP) is 3.71. The zero-order chi connectivity index (χ0) is 22.5. The highest BCUT2D eigenvalue weighted by Gasteiger charge is 2.39. The zero-order valence-corrected chi connectivity index (χ0v) is 17.4. The molecule has 1 aromatic carbocycles. The van der Waals surface area contributed by atoms with Gasteiger partial charge in [-0.25, -0.2) is 13.8 Å². The maximum absolute atomic E-state index is 15.1. The van der Waals surface area contributed by atoms with E-state index in [0.717, 1.165) is 5.69 Å². The molecule has 3 aromatic heterocycles. The maximum atomic E-state index is 15.1. The normalized spacial score (nSPS) is 18.4. The molecule has 32 heavy (non-hydrogen) atoms. The third kappa shape index (κ3) is 3.11. The number of anilines is 2. The summed E-state index contributed by atoms with van der Waals surface area (Å²) in [5, 5.41) is 13.7. The number of pyridine rings is 2. The molecule has 1 aliphatic rings. The molecular formula is C23H21F2N7. The minimum atomic E-state index is -1.51. The van der Waals surface area contributed by atoms with Gasteiger partial charge in [-0.15, -0.1) is 0 Å².